The number of halogens is 2. The topological polar surface area (TPSA) is 91.6 Å². The van der Waals surface area contributed by atoms with E-state index in [-0.39, 0.29) is 18.8 Å². The molecule has 2 aliphatic heterocycles. The zero-order valence-corrected chi connectivity index (χ0v) is 20.8. The number of nitrogens with zero attached hydrogens (tertiary/aromatic N) is 6. The lowest BCUT2D eigenvalue weighted by molar-refractivity contribution is -0.0658. The highest BCUT2D eigenvalue weighted by molar-refractivity contribution is 6.35. The number of rotatable bonds is 7. The van der Waals surface area contributed by atoms with Crippen LogP contribution in [0.25, 0.3) is 11.0 Å². The van der Waals surface area contributed by atoms with E-state index in [0.29, 0.717) is 40.9 Å². The fraction of sp³-hybridized carbons (Fsp3) is 0.522. The average Bonchev–Trinajstić information content (AvgIpc) is 3.14. The fourth-order valence-corrected chi connectivity index (χ4v) is 5.23. The van der Waals surface area contributed by atoms with Crippen LogP contribution in [0.3, 0.4) is 0 Å². The minimum atomic E-state index is -0.102. The van der Waals surface area contributed by atoms with Crippen molar-refractivity contribution in [2.24, 2.45) is 13.0 Å². The normalized spacial score (nSPS) is 20.5. The van der Waals surface area contributed by atoms with E-state index in [1.54, 1.807) is 10.7 Å². The molecule has 0 saturated carbocycles. The van der Waals surface area contributed by atoms with E-state index in [4.69, 9.17) is 37.9 Å². The molecule has 2 aliphatic rings. The van der Waals surface area contributed by atoms with Gasteiger partial charge < -0.3 is 20.1 Å². The third-order valence-corrected chi connectivity index (χ3v) is 7.12. The van der Waals surface area contributed by atoms with Gasteiger partial charge in [0.2, 0.25) is 5.95 Å². The van der Waals surface area contributed by atoms with Crippen LogP contribution in [0.1, 0.15) is 18.5 Å². The number of β-amino-alcohol motifs (C(OH)–C–C–N with tert-alkyl or cyclic N) is 1. The number of benzene rings is 1. The molecule has 5 rings (SSSR count). The molecule has 0 unspecified atom stereocenters. The van der Waals surface area contributed by atoms with E-state index >= 15 is 0 Å². The SMILES string of the molecule is C[C@@H](Nc1nc(N2CC([C@@H]3CN(CCO)CCO3)C2)nc2cn(C)nc12)c1ccc(Cl)cc1Cl. The maximum atomic E-state index is 9.25. The lowest BCUT2D eigenvalue weighted by Gasteiger charge is -2.46. The van der Waals surface area contributed by atoms with Crippen molar-refractivity contribution >= 4 is 46.0 Å². The number of aryl methyl sites for hydroxylation is 1. The summed E-state index contributed by atoms with van der Waals surface area (Å²) < 4.78 is 7.77. The van der Waals surface area contributed by atoms with E-state index in [1.165, 1.54) is 0 Å². The first-order chi connectivity index (χ1) is 16.4. The van der Waals surface area contributed by atoms with Crippen LogP contribution in [0.15, 0.2) is 24.4 Å². The van der Waals surface area contributed by atoms with Crippen molar-refractivity contribution in [1.29, 1.82) is 0 Å². The molecular weight excluding hydrogens is 477 g/mol. The Bertz CT molecular complexity index is 1170. The molecule has 182 valence electrons. The average molecular weight is 506 g/mol. The Kier molecular flexibility index (Phi) is 6.81. The summed E-state index contributed by atoms with van der Waals surface area (Å²) in [6.45, 7) is 7.01. The van der Waals surface area contributed by atoms with Crippen LogP contribution >= 0.6 is 23.2 Å². The summed E-state index contributed by atoms with van der Waals surface area (Å²) >= 11 is 12.5. The molecule has 4 heterocycles. The Hall–Kier alpha value is -2.17. The molecule has 11 heteroatoms. The Morgan fingerprint density at radius 2 is 2.06 bits per heavy atom. The number of aliphatic hydroxyl groups is 1. The van der Waals surface area contributed by atoms with Gasteiger partial charge in [0.1, 0.15) is 5.52 Å². The van der Waals surface area contributed by atoms with Crippen LogP contribution in [0.2, 0.25) is 10.0 Å². The van der Waals surface area contributed by atoms with Crippen molar-refractivity contribution in [3.8, 4) is 0 Å². The van der Waals surface area contributed by atoms with Gasteiger partial charge in [-0.15, -0.1) is 0 Å². The maximum Gasteiger partial charge on any atom is 0.228 e. The molecule has 1 aromatic carbocycles. The third-order valence-electron chi connectivity index (χ3n) is 6.56. The summed E-state index contributed by atoms with van der Waals surface area (Å²) in [6.07, 6.45) is 2.07. The van der Waals surface area contributed by atoms with Crippen molar-refractivity contribution in [3.05, 3.63) is 40.0 Å². The number of aromatic nitrogens is 4. The van der Waals surface area contributed by atoms with Crippen molar-refractivity contribution in [3.63, 3.8) is 0 Å². The van der Waals surface area contributed by atoms with E-state index in [0.717, 1.165) is 42.8 Å². The van der Waals surface area contributed by atoms with Crippen LogP contribution < -0.4 is 10.2 Å². The summed E-state index contributed by atoms with van der Waals surface area (Å²) in [7, 11) is 1.88. The highest BCUT2D eigenvalue weighted by atomic mass is 35.5. The first-order valence-electron chi connectivity index (χ1n) is 11.5. The molecule has 2 atom stereocenters. The largest absolute Gasteiger partial charge is 0.395 e. The van der Waals surface area contributed by atoms with Crippen LogP contribution in [0.5, 0.6) is 0 Å². The van der Waals surface area contributed by atoms with Gasteiger partial charge in [-0.1, -0.05) is 29.3 Å². The van der Waals surface area contributed by atoms with Gasteiger partial charge in [-0.05, 0) is 24.6 Å². The molecule has 2 N–H and O–H groups in total. The van der Waals surface area contributed by atoms with Gasteiger partial charge in [-0.3, -0.25) is 9.58 Å². The van der Waals surface area contributed by atoms with Gasteiger partial charge in [0.25, 0.3) is 0 Å². The predicted octanol–water partition coefficient (Wildman–Crippen LogP) is 2.97. The zero-order chi connectivity index (χ0) is 23.8. The molecule has 0 aliphatic carbocycles. The Balaban J connectivity index is 1.33. The second-order valence-electron chi connectivity index (χ2n) is 9.04. The van der Waals surface area contributed by atoms with Crippen LogP contribution in [-0.4, -0.2) is 81.8 Å². The molecule has 2 aromatic heterocycles. The summed E-state index contributed by atoms with van der Waals surface area (Å²) in [5.74, 6) is 1.76. The van der Waals surface area contributed by atoms with Crippen LogP contribution in [0, 0.1) is 5.92 Å². The predicted molar refractivity (Wildman–Crippen MR) is 134 cm³/mol. The summed E-state index contributed by atoms with van der Waals surface area (Å²) in [5.41, 5.74) is 2.44. The molecule has 0 bridgehead atoms. The van der Waals surface area contributed by atoms with E-state index in [9.17, 15) is 5.11 Å². The molecule has 2 fully saturated rings. The quantitative estimate of drug-likeness (QED) is 0.506. The van der Waals surface area contributed by atoms with Gasteiger partial charge in [0, 0.05) is 55.7 Å². The molecular formula is C23H29Cl2N7O2. The smallest absolute Gasteiger partial charge is 0.228 e. The minimum absolute atomic E-state index is 0.102. The van der Waals surface area contributed by atoms with Crippen LogP contribution in [0.4, 0.5) is 11.8 Å². The minimum Gasteiger partial charge on any atom is -0.395 e. The standard InChI is InChI=1S/C23H29Cl2N7O2/c1-14(17-4-3-16(24)9-18(17)25)26-22-21-19(12-30(2)29-21)27-23(28-22)32-10-15(11-32)20-13-31(5-7-33)6-8-34-20/h3-4,9,12,14-15,20,33H,5-8,10-11,13H2,1-2H3,(H,26,27,28)/t14-,20+/m1/s1. The number of hydrogen-bond acceptors (Lipinski definition) is 8. The van der Waals surface area contributed by atoms with Crippen LogP contribution in [-0.2, 0) is 11.8 Å². The summed E-state index contributed by atoms with van der Waals surface area (Å²) in [4.78, 5) is 14.1. The van der Waals surface area contributed by atoms with E-state index in [2.05, 4.69) is 20.2 Å². The molecule has 3 aromatic rings. The molecule has 0 radical (unpaired) electrons. The number of anilines is 2. The van der Waals surface area contributed by atoms with Crippen molar-refractivity contribution < 1.29 is 9.84 Å². The lowest BCUT2D eigenvalue weighted by atomic mass is 9.92. The molecule has 2 saturated heterocycles. The summed E-state index contributed by atoms with van der Waals surface area (Å²) in [5, 5.41) is 18.5. The third kappa shape index (κ3) is 4.81. The van der Waals surface area contributed by atoms with Crippen molar-refractivity contribution in [2.45, 2.75) is 19.1 Å². The van der Waals surface area contributed by atoms with Crippen molar-refractivity contribution in [1.82, 2.24) is 24.6 Å². The highest BCUT2D eigenvalue weighted by Gasteiger charge is 2.38. The Morgan fingerprint density at radius 1 is 1.24 bits per heavy atom. The fourth-order valence-electron chi connectivity index (χ4n) is 4.66. The first-order valence-corrected chi connectivity index (χ1v) is 12.3. The van der Waals surface area contributed by atoms with Gasteiger partial charge in [0.05, 0.1) is 31.6 Å². The number of ether oxygens (including phenoxy) is 1. The number of fused-ring (bicyclic) bond motifs is 1. The van der Waals surface area contributed by atoms with E-state index < -0.39 is 0 Å². The number of morpholine rings is 1. The van der Waals surface area contributed by atoms with E-state index in [1.807, 2.05) is 32.3 Å². The van der Waals surface area contributed by atoms with Gasteiger partial charge >= 0.3 is 0 Å². The molecule has 0 amide bonds. The van der Waals surface area contributed by atoms with Gasteiger partial charge in [-0.25, -0.2) is 4.98 Å². The first kappa shape index (κ1) is 23.6. The number of hydrogen-bond donors (Lipinski definition) is 2. The molecule has 9 nitrogen and oxygen atoms in total. The van der Waals surface area contributed by atoms with Gasteiger partial charge in [-0.2, -0.15) is 10.1 Å². The lowest BCUT2D eigenvalue weighted by Crippen LogP contribution is -2.58. The maximum absolute atomic E-state index is 9.25. The highest BCUT2D eigenvalue weighted by Crippen LogP contribution is 2.33. The monoisotopic (exact) mass is 505 g/mol. The van der Waals surface area contributed by atoms with Gasteiger partial charge in [0.15, 0.2) is 11.3 Å². The van der Waals surface area contributed by atoms with Crippen molar-refractivity contribution in [2.75, 3.05) is 56.2 Å². The zero-order valence-electron chi connectivity index (χ0n) is 19.3. The Morgan fingerprint density at radius 3 is 2.82 bits per heavy atom. The second-order valence-corrected chi connectivity index (χ2v) is 9.88. The Labute approximate surface area is 208 Å². The molecule has 34 heavy (non-hydrogen) atoms. The number of nitrogens with one attached hydrogen (secondary N) is 1. The summed E-state index contributed by atoms with van der Waals surface area (Å²) in [6, 6.07) is 5.39. The molecule has 0 spiro atoms. The number of aliphatic hydroxyl groups excluding tert-OH is 1. The second kappa shape index (κ2) is 9.83.